The van der Waals surface area contributed by atoms with Crippen molar-refractivity contribution in [2.24, 2.45) is 15.0 Å². The van der Waals surface area contributed by atoms with Gasteiger partial charge in [0.05, 0.1) is 0 Å². The molecule has 13 heteroatoms. The Hall–Kier alpha value is -4.00. The molecular weight excluding hydrogens is 736 g/mol. The first-order valence-electron chi connectivity index (χ1n) is 13.1. The van der Waals surface area contributed by atoms with Crippen LogP contribution < -0.4 is 16.3 Å². The van der Waals surface area contributed by atoms with E-state index in [1.54, 1.807) is 36.4 Å². The van der Waals surface area contributed by atoms with Crippen molar-refractivity contribution in [1.82, 2.24) is 31.3 Å². The summed E-state index contributed by atoms with van der Waals surface area (Å²) in [6.07, 6.45) is 2.52. The SMILES string of the molecule is C[C-]1N=C(c2ccc(F)cc2)N(C)N1.C[C-]1N=C(c2ccc(F)cc2)N(C)N1.C[C-]1N=C(c2ccc(F)cc2)N(C)N1.[Ir+3]. The number of nitrogens with one attached hydrogen (secondary N) is 3. The zero-order valence-corrected chi connectivity index (χ0v) is 27.0. The fourth-order valence-electron chi connectivity index (χ4n) is 4.24. The maximum atomic E-state index is 12.7. The Kier molecular flexibility index (Phi) is 11.6. The Balaban J connectivity index is 0.000000175. The van der Waals surface area contributed by atoms with E-state index in [2.05, 4.69) is 31.3 Å². The van der Waals surface area contributed by atoms with Gasteiger partial charge in [-0.2, -0.15) is 0 Å². The first-order chi connectivity index (χ1) is 20.0. The van der Waals surface area contributed by atoms with Crippen LogP contribution in [0.25, 0.3) is 0 Å². The van der Waals surface area contributed by atoms with E-state index in [1.807, 2.05) is 56.9 Å². The molecule has 43 heavy (non-hydrogen) atoms. The molecule has 3 aliphatic rings. The first kappa shape index (κ1) is 33.5. The molecule has 9 nitrogen and oxygen atoms in total. The summed E-state index contributed by atoms with van der Waals surface area (Å²) in [6, 6.07) is 18.9. The molecule has 0 amide bonds. The van der Waals surface area contributed by atoms with Crippen LogP contribution in [-0.2, 0) is 20.1 Å². The van der Waals surface area contributed by atoms with Gasteiger partial charge in [0, 0.05) is 21.1 Å². The molecule has 0 aromatic heterocycles. The summed E-state index contributed by atoms with van der Waals surface area (Å²) in [5.41, 5.74) is 11.8. The van der Waals surface area contributed by atoms with Gasteiger partial charge in [-0.05, 0) is 53.9 Å². The van der Waals surface area contributed by atoms with Crippen molar-refractivity contribution in [3.05, 3.63) is 125 Å². The molecule has 0 unspecified atom stereocenters. The summed E-state index contributed by atoms with van der Waals surface area (Å²) in [5.74, 6) is 1.73. The minimum Gasteiger partial charge on any atom is -0.411 e. The van der Waals surface area contributed by atoms with Crippen LogP contribution in [-0.4, -0.2) is 53.7 Å². The number of nitrogens with zero attached hydrogens (tertiary/aromatic N) is 6. The quantitative estimate of drug-likeness (QED) is 0.339. The number of halogens is 3. The molecule has 0 aliphatic carbocycles. The number of hydrazine groups is 3. The summed E-state index contributed by atoms with van der Waals surface area (Å²) >= 11 is 0. The summed E-state index contributed by atoms with van der Waals surface area (Å²) in [5, 5.41) is 5.42. The largest absolute Gasteiger partial charge is 3.00 e. The molecule has 6 rings (SSSR count). The Labute approximate surface area is 263 Å². The summed E-state index contributed by atoms with van der Waals surface area (Å²) < 4.78 is 38.0. The van der Waals surface area contributed by atoms with Gasteiger partial charge in [0.25, 0.3) is 0 Å². The maximum absolute atomic E-state index is 12.7. The topological polar surface area (TPSA) is 82.9 Å². The summed E-state index contributed by atoms with van der Waals surface area (Å²) in [4.78, 5) is 12.9. The molecule has 0 radical (unpaired) electrons. The van der Waals surface area contributed by atoms with Gasteiger partial charge < -0.3 is 30.0 Å². The van der Waals surface area contributed by atoms with Crippen LogP contribution >= 0.6 is 0 Å². The van der Waals surface area contributed by atoms with Gasteiger partial charge in [-0.25, -0.2) is 13.2 Å². The van der Waals surface area contributed by atoms with Crippen LogP contribution in [0.15, 0.2) is 87.8 Å². The average Bonchev–Trinajstić information content (AvgIpc) is 3.60. The molecule has 0 saturated heterocycles. The Morgan fingerprint density at radius 1 is 0.465 bits per heavy atom. The molecular formula is C30H33F3IrN9. The van der Waals surface area contributed by atoms with Gasteiger partial charge >= 0.3 is 20.1 Å². The van der Waals surface area contributed by atoms with Gasteiger partial charge in [0.2, 0.25) is 0 Å². The summed E-state index contributed by atoms with van der Waals surface area (Å²) in [6.45, 7) is 5.65. The van der Waals surface area contributed by atoms with Crippen LogP contribution in [0.5, 0.6) is 0 Å². The number of aliphatic imine (C=N–C) groups is 3. The van der Waals surface area contributed by atoms with Gasteiger partial charge in [-0.15, -0.1) is 0 Å². The number of hydrogen-bond donors (Lipinski definition) is 3. The van der Waals surface area contributed by atoms with Crippen molar-refractivity contribution >= 4 is 17.5 Å². The Morgan fingerprint density at radius 2 is 0.674 bits per heavy atom. The third-order valence-electron chi connectivity index (χ3n) is 6.07. The second-order valence-corrected chi connectivity index (χ2v) is 9.60. The number of rotatable bonds is 3. The second kappa shape index (κ2) is 14.9. The van der Waals surface area contributed by atoms with E-state index in [1.165, 1.54) is 36.4 Å². The molecule has 228 valence electrons. The van der Waals surface area contributed by atoms with Crippen molar-refractivity contribution < 1.29 is 33.3 Å². The number of amidine groups is 3. The fourth-order valence-corrected chi connectivity index (χ4v) is 4.24. The van der Waals surface area contributed by atoms with E-state index in [0.29, 0.717) is 0 Å². The third-order valence-corrected chi connectivity index (χ3v) is 6.07. The molecule has 3 N–H and O–H groups in total. The number of benzene rings is 3. The van der Waals surface area contributed by atoms with Crippen molar-refractivity contribution in [3.63, 3.8) is 0 Å². The second-order valence-electron chi connectivity index (χ2n) is 9.60. The van der Waals surface area contributed by atoms with E-state index in [4.69, 9.17) is 0 Å². The van der Waals surface area contributed by atoms with E-state index >= 15 is 0 Å². The molecule has 0 bridgehead atoms. The molecule has 0 spiro atoms. The van der Waals surface area contributed by atoms with E-state index in [-0.39, 0.29) is 37.6 Å². The monoisotopic (exact) mass is 769 g/mol. The van der Waals surface area contributed by atoms with E-state index in [0.717, 1.165) is 52.7 Å². The standard InChI is InChI=1S/3C10H11FN3.Ir/c3*1-7-12-10(14(2)13-7)8-3-5-9(11)6-4-8;/h3*3-6,13H,1-2H3;/q3*-1;+3. The molecule has 3 aromatic carbocycles. The molecule has 0 atom stereocenters. The minimum atomic E-state index is -0.233. The van der Waals surface area contributed by atoms with Crippen molar-refractivity contribution in [3.8, 4) is 0 Å². The smallest absolute Gasteiger partial charge is 0.411 e. The zero-order valence-electron chi connectivity index (χ0n) is 24.6. The Bertz CT molecular complexity index is 1260. The first-order valence-corrected chi connectivity index (χ1v) is 13.1. The van der Waals surface area contributed by atoms with Crippen molar-refractivity contribution in [2.75, 3.05) is 21.1 Å². The fraction of sp³-hybridized carbons (Fsp3) is 0.200. The van der Waals surface area contributed by atoms with Crippen molar-refractivity contribution in [2.45, 2.75) is 20.8 Å². The summed E-state index contributed by atoms with van der Waals surface area (Å²) in [7, 11) is 5.62. The molecule has 3 aromatic rings. The Morgan fingerprint density at radius 3 is 0.837 bits per heavy atom. The van der Waals surface area contributed by atoms with Gasteiger partial charge in [0.1, 0.15) is 17.5 Å². The van der Waals surface area contributed by atoms with Crippen molar-refractivity contribution in [1.29, 1.82) is 0 Å². The average molecular weight is 769 g/mol. The predicted molar refractivity (Wildman–Crippen MR) is 158 cm³/mol. The van der Waals surface area contributed by atoms with Gasteiger partial charge in [-0.3, -0.25) is 16.3 Å². The van der Waals surface area contributed by atoms with Gasteiger partial charge in [-0.1, -0.05) is 92.4 Å². The minimum absolute atomic E-state index is 0. The molecule has 0 fully saturated rings. The predicted octanol–water partition coefficient (Wildman–Crippen LogP) is 4.59. The van der Waals surface area contributed by atoms with Crippen LogP contribution in [0.2, 0.25) is 0 Å². The molecule has 3 aliphatic heterocycles. The van der Waals surface area contributed by atoms with Gasteiger partial charge in [0.15, 0.2) is 0 Å². The van der Waals surface area contributed by atoms with E-state index in [9.17, 15) is 13.2 Å². The molecule has 3 heterocycles. The van der Waals surface area contributed by atoms with Crippen LogP contribution in [0.4, 0.5) is 13.2 Å². The van der Waals surface area contributed by atoms with E-state index < -0.39 is 0 Å². The molecule has 0 saturated carbocycles. The maximum Gasteiger partial charge on any atom is 3.00 e. The van der Waals surface area contributed by atoms with Crippen LogP contribution in [0.1, 0.15) is 37.5 Å². The zero-order chi connectivity index (χ0) is 30.4. The normalized spacial score (nSPS) is 15.7. The van der Waals surface area contributed by atoms with Crippen LogP contribution in [0.3, 0.4) is 0 Å². The van der Waals surface area contributed by atoms with Crippen LogP contribution in [0, 0.1) is 35.9 Å². The number of hydrogen-bond acceptors (Lipinski definition) is 9. The third kappa shape index (κ3) is 8.99.